The van der Waals surface area contributed by atoms with Crippen LogP contribution in [0.5, 0.6) is 5.75 Å². The third-order valence-corrected chi connectivity index (χ3v) is 6.65. The first-order valence-electron chi connectivity index (χ1n) is 13.2. The van der Waals surface area contributed by atoms with Gasteiger partial charge in [-0.15, -0.1) is 13.2 Å². The molecule has 0 bridgehead atoms. The van der Waals surface area contributed by atoms with Crippen LogP contribution in [-0.4, -0.2) is 16.3 Å². The second-order valence-corrected chi connectivity index (χ2v) is 9.60. The van der Waals surface area contributed by atoms with Crippen molar-refractivity contribution in [3.63, 3.8) is 0 Å². The molecular formula is C31H32F4N2O. The Labute approximate surface area is 220 Å². The maximum atomic E-state index is 15.2. The van der Waals surface area contributed by atoms with Crippen LogP contribution in [0.25, 0.3) is 10.8 Å². The Kier molecular flexibility index (Phi) is 9.32. The first-order valence-corrected chi connectivity index (χ1v) is 13.2. The molecule has 0 amide bonds. The van der Waals surface area contributed by atoms with E-state index < -0.39 is 6.36 Å². The number of alkyl halides is 3. The number of hydrogen-bond acceptors (Lipinski definition) is 3. The lowest BCUT2D eigenvalue weighted by Crippen LogP contribution is -2.17. The van der Waals surface area contributed by atoms with Crippen LogP contribution in [0.1, 0.15) is 60.7 Å². The molecule has 0 fully saturated rings. The highest BCUT2D eigenvalue weighted by Crippen LogP contribution is 2.26. The van der Waals surface area contributed by atoms with E-state index >= 15 is 4.39 Å². The fourth-order valence-corrected chi connectivity index (χ4v) is 4.52. The standard InChI is InChI=1S/C31H32F4N2O/c1-2-3-4-5-6-24-20-36-29(37-21-24)18-11-23-10-17-28-26(19-23)14-13-25(30(28)32)12-7-22-8-15-27(16-9-22)38-31(33,34)35/h8-10,13-17,19-21H,2-7,11-12,18H2,1H3. The SMILES string of the molecule is CCCCCCc1cnc(CCc2ccc3c(F)c(CCc4ccc(OC(F)(F)F)cc4)ccc3c2)nc1. The summed E-state index contributed by atoms with van der Waals surface area (Å²) < 4.78 is 56.1. The minimum absolute atomic E-state index is 0.260. The molecule has 38 heavy (non-hydrogen) atoms. The predicted octanol–water partition coefficient (Wildman–Crippen LogP) is 8.36. The molecule has 200 valence electrons. The number of nitrogens with zero attached hydrogens (tertiary/aromatic N) is 2. The number of aromatic nitrogens is 2. The molecule has 4 rings (SSSR count). The van der Waals surface area contributed by atoms with Crippen LogP contribution in [0.3, 0.4) is 0 Å². The van der Waals surface area contributed by atoms with Crippen LogP contribution >= 0.6 is 0 Å². The molecule has 0 aliphatic rings. The summed E-state index contributed by atoms with van der Waals surface area (Å²) in [6, 6.07) is 15.1. The molecule has 3 nitrogen and oxygen atoms in total. The Morgan fingerprint density at radius 3 is 2.13 bits per heavy atom. The first kappa shape index (κ1) is 27.6. The number of rotatable bonds is 12. The van der Waals surface area contributed by atoms with Gasteiger partial charge in [0.05, 0.1) is 0 Å². The van der Waals surface area contributed by atoms with E-state index in [4.69, 9.17) is 0 Å². The van der Waals surface area contributed by atoms with Crippen LogP contribution in [0.15, 0.2) is 67.0 Å². The Bertz CT molecular complexity index is 1320. The molecule has 3 aromatic carbocycles. The lowest BCUT2D eigenvalue weighted by atomic mass is 9.98. The van der Waals surface area contributed by atoms with Gasteiger partial charge in [0.15, 0.2) is 0 Å². The second-order valence-electron chi connectivity index (χ2n) is 9.60. The van der Waals surface area contributed by atoms with E-state index in [1.165, 1.54) is 43.4 Å². The summed E-state index contributed by atoms with van der Waals surface area (Å²) in [6.07, 6.45) is 7.47. The topological polar surface area (TPSA) is 35.0 Å². The summed E-state index contributed by atoms with van der Waals surface area (Å²) in [6.45, 7) is 2.21. The molecule has 0 unspecified atom stereocenters. The lowest BCUT2D eigenvalue weighted by Gasteiger charge is -2.10. The van der Waals surface area contributed by atoms with Crippen molar-refractivity contribution in [3.05, 3.63) is 101 Å². The zero-order valence-corrected chi connectivity index (χ0v) is 21.5. The van der Waals surface area contributed by atoms with Gasteiger partial charge in [0.2, 0.25) is 0 Å². The summed E-state index contributed by atoms with van der Waals surface area (Å²) in [5.41, 5.74) is 3.65. The Hall–Kier alpha value is -3.48. The zero-order valence-electron chi connectivity index (χ0n) is 21.5. The fourth-order valence-electron chi connectivity index (χ4n) is 4.52. The van der Waals surface area contributed by atoms with E-state index in [0.29, 0.717) is 23.8 Å². The minimum atomic E-state index is -4.72. The van der Waals surface area contributed by atoms with Crippen LogP contribution in [-0.2, 0) is 32.1 Å². The van der Waals surface area contributed by atoms with Crippen molar-refractivity contribution in [2.24, 2.45) is 0 Å². The summed E-state index contributed by atoms with van der Waals surface area (Å²) in [4.78, 5) is 9.04. The Balaban J connectivity index is 1.32. The number of ether oxygens (including phenoxy) is 1. The normalized spacial score (nSPS) is 11.7. The summed E-state index contributed by atoms with van der Waals surface area (Å²) >= 11 is 0. The number of unbranched alkanes of at least 4 members (excludes halogenated alkanes) is 3. The van der Waals surface area contributed by atoms with E-state index in [2.05, 4.69) is 21.6 Å². The second kappa shape index (κ2) is 12.9. The average molecular weight is 525 g/mol. The Morgan fingerprint density at radius 2 is 1.42 bits per heavy atom. The molecule has 0 spiro atoms. The largest absolute Gasteiger partial charge is 0.573 e. The maximum Gasteiger partial charge on any atom is 0.573 e. The molecule has 0 atom stereocenters. The molecule has 4 aromatic rings. The maximum absolute atomic E-state index is 15.2. The van der Waals surface area contributed by atoms with Crippen molar-refractivity contribution >= 4 is 10.8 Å². The van der Waals surface area contributed by atoms with Crippen LogP contribution < -0.4 is 4.74 Å². The number of halogens is 4. The molecule has 1 aromatic heterocycles. The van der Waals surface area contributed by atoms with Gasteiger partial charge in [0, 0.05) is 24.2 Å². The quantitative estimate of drug-likeness (QED) is 0.138. The van der Waals surface area contributed by atoms with Crippen molar-refractivity contribution in [1.29, 1.82) is 0 Å². The van der Waals surface area contributed by atoms with Gasteiger partial charge >= 0.3 is 6.36 Å². The average Bonchev–Trinajstić information content (AvgIpc) is 2.90. The van der Waals surface area contributed by atoms with Crippen molar-refractivity contribution < 1.29 is 22.3 Å². The molecule has 0 aliphatic heterocycles. The highest BCUT2D eigenvalue weighted by Gasteiger charge is 2.30. The molecular weight excluding hydrogens is 492 g/mol. The summed E-state index contributed by atoms with van der Waals surface area (Å²) in [7, 11) is 0. The smallest absolute Gasteiger partial charge is 0.406 e. The van der Waals surface area contributed by atoms with E-state index in [1.807, 2.05) is 36.7 Å². The number of fused-ring (bicyclic) bond motifs is 1. The highest BCUT2D eigenvalue weighted by atomic mass is 19.4. The van der Waals surface area contributed by atoms with Gasteiger partial charge in [-0.05, 0) is 71.9 Å². The number of hydrogen-bond donors (Lipinski definition) is 0. The van der Waals surface area contributed by atoms with Crippen molar-refractivity contribution in [3.8, 4) is 5.75 Å². The van der Waals surface area contributed by atoms with Gasteiger partial charge in [-0.25, -0.2) is 14.4 Å². The molecule has 0 radical (unpaired) electrons. The number of benzene rings is 3. The molecule has 0 saturated carbocycles. The van der Waals surface area contributed by atoms with Gasteiger partial charge in [-0.1, -0.05) is 68.7 Å². The number of aryl methyl sites for hydroxylation is 5. The van der Waals surface area contributed by atoms with E-state index in [0.717, 1.165) is 41.6 Å². The summed E-state index contributed by atoms with van der Waals surface area (Å²) in [5.74, 6) is 0.279. The highest BCUT2D eigenvalue weighted by molar-refractivity contribution is 5.84. The Morgan fingerprint density at radius 1 is 0.711 bits per heavy atom. The monoisotopic (exact) mass is 524 g/mol. The van der Waals surface area contributed by atoms with Crippen LogP contribution in [0.2, 0.25) is 0 Å². The van der Waals surface area contributed by atoms with E-state index in [1.54, 1.807) is 18.2 Å². The molecule has 1 heterocycles. The van der Waals surface area contributed by atoms with Gasteiger partial charge in [-0.3, -0.25) is 0 Å². The van der Waals surface area contributed by atoms with Gasteiger partial charge < -0.3 is 4.74 Å². The fraction of sp³-hybridized carbons (Fsp3) is 0.355. The first-order chi connectivity index (χ1) is 18.3. The van der Waals surface area contributed by atoms with E-state index in [9.17, 15) is 13.2 Å². The third-order valence-electron chi connectivity index (χ3n) is 6.65. The van der Waals surface area contributed by atoms with Gasteiger partial charge in [-0.2, -0.15) is 0 Å². The minimum Gasteiger partial charge on any atom is -0.406 e. The third kappa shape index (κ3) is 8.01. The van der Waals surface area contributed by atoms with Crippen LogP contribution in [0.4, 0.5) is 17.6 Å². The van der Waals surface area contributed by atoms with Crippen molar-refractivity contribution in [2.75, 3.05) is 0 Å². The van der Waals surface area contributed by atoms with Crippen molar-refractivity contribution in [2.45, 2.75) is 71.1 Å². The molecule has 7 heteroatoms. The lowest BCUT2D eigenvalue weighted by molar-refractivity contribution is -0.274. The molecule has 0 N–H and O–H groups in total. The predicted molar refractivity (Wildman–Crippen MR) is 142 cm³/mol. The summed E-state index contributed by atoms with van der Waals surface area (Å²) in [5, 5.41) is 1.39. The van der Waals surface area contributed by atoms with E-state index in [-0.39, 0.29) is 11.6 Å². The molecule has 0 saturated heterocycles. The molecule has 0 aliphatic carbocycles. The van der Waals surface area contributed by atoms with Gasteiger partial charge in [0.25, 0.3) is 0 Å². The van der Waals surface area contributed by atoms with Crippen LogP contribution in [0, 0.1) is 5.82 Å². The van der Waals surface area contributed by atoms with Gasteiger partial charge in [0.1, 0.15) is 17.4 Å². The van der Waals surface area contributed by atoms with Crippen molar-refractivity contribution in [1.82, 2.24) is 9.97 Å². The zero-order chi connectivity index (χ0) is 27.0.